The molecule has 1 aliphatic heterocycles. The lowest BCUT2D eigenvalue weighted by atomic mass is 10.0. The highest BCUT2D eigenvalue weighted by Crippen LogP contribution is 2.28. The predicted molar refractivity (Wildman–Crippen MR) is 70.5 cm³/mol. The van der Waals surface area contributed by atoms with E-state index in [0.717, 1.165) is 30.8 Å². The summed E-state index contributed by atoms with van der Waals surface area (Å²) in [6, 6.07) is 7.84. The third kappa shape index (κ3) is 2.43. The molecule has 1 heterocycles. The quantitative estimate of drug-likeness (QED) is 0.745. The molecule has 1 aromatic carbocycles. The molecule has 0 atom stereocenters. The molecule has 92 valence electrons. The monoisotopic (exact) mass is 232 g/mol. The predicted octanol–water partition coefficient (Wildman–Crippen LogP) is 2.43. The van der Waals surface area contributed by atoms with Gasteiger partial charge < -0.3 is 10.2 Å². The number of rotatable bonds is 0. The largest absolute Gasteiger partial charge is 0.366 e. The average molecular weight is 232 g/mol. The fourth-order valence-corrected chi connectivity index (χ4v) is 2.25. The number of fused-ring (bicyclic) bond motifs is 1. The molecule has 0 saturated heterocycles. The number of amides is 1. The van der Waals surface area contributed by atoms with Gasteiger partial charge in [-0.25, -0.2) is 0 Å². The van der Waals surface area contributed by atoms with Gasteiger partial charge in [-0.05, 0) is 39.3 Å². The van der Waals surface area contributed by atoms with Crippen LogP contribution in [0, 0.1) is 0 Å². The van der Waals surface area contributed by atoms with Crippen molar-refractivity contribution in [3.8, 4) is 0 Å². The Kier molecular flexibility index (Phi) is 3.09. The highest BCUT2D eigenvalue weighted by atomic mass is 16.1. The SMILES string of the molecule is CC(C)(C)N1CCCNC(=O)c2ccccc21. The summed E-state index contributed by atoms with van der Waals surface area (Å²) in [5, 5.41) is 2.95. The maximum absolute atomic E-state index is 12.0. The molecule has 1 aliphatic rings. The minimum absolute atomic E-state index is 0.0354. The van der Waals surface area contributed by atoms with Crippen molar-refractivity contribution in [1.29, 1.82) is 0 Å². The van der Waals surface area contributed by atoms with Crippen LogP contribution < -0.4 is 10.2 Å². The van der Waals surface area contributed by atoms with Gasteiger partial charge in [-0.1, -0.05) is 12.1 Å². The van der Waals surface area contributed by atoms with Crippen LogP contribution in [0.2, 0.25) is 0 Å². The molecule has 1 aromatic rings. The normalized spacial score (nSPS) is 16.9. The second-order valence-corrected chi connectivity index (χ2v) is 5.45. The Balaban J connectivity index is 2.49. The van der Waals surface area contributed by atoms with E-state index in [4.69, 9.17) is 0 Å². The number of para-hydroxylation sites is 1. The third-order valence-corrected chi connectivity index (χ3v) is 3.09. The summed E-state index contributed by atoms with van der Waals surface area (Å²) >= 11 is 0. The second-order valence-electron chi connectivity index (χ2n) is 5.45. The molecule has 0 unspecified atom stereocenters. The van der Waals surface area contributed by atoms with Crippen molar-refractivity contribution in [2.45, 2.75) is 32.7 Å². The Morgan fingerprint density at radius 1 is 1.24 bits per heavy atom. The Morgan fingerprint density at radius 3 is 2.65 bits per heavy atom. The van der Waals surface area contributed by atoms with Crippen LogP contribution in [0.3, 0.4) is 0 Å². The highest BCUT2D eigenvalue weighted by Gasteiger charge is 2.26. The maximum Gasteiger partial charge on any atom is 0.253 e. The number of anilines is 1. The lowest BCUT2D eigenvalue weighted by Gasteiger charge is -2.39. The minimum Gasteiger partial charge on any atom is -0.366 e. The van der Waals surface area contributed by atoms with Crippen LogP contribution in [0.5, 0.6) is 0 Å². The van der Waals surface area contributed by atoms with Gasteiger partial charge in [0.15, 0.2) is 0 Å². The van der Waals surface area contributed by atoms with E-state index < -0.39 is 0 Å². The first-order chi connectivity index (χ1) is 8.00. The van der Waals surface area contributed by atoms with Crippen LogP contribution >= 0.6 is 0 Å². The fourth-order valence-electron chi connectivity index (χ4n) is 2.25. The van der Waals surface area contributed by atoms with E-state index in [9.17, 15) is 4.79 Å². The molecular weight excluding hydrogens is 212 g/mol. The molecule has 17 heavy (non-hydrogen) atoms. The number of carbonyl (C=O) groups excluding carboxylic acids is 1. The molecule has 0 aromatic heterocycles. The zero-order chi connectivity index (χ0) is 12.5. The minimum atomic E-state index is 0.0354. The van der Waals surface area contributed by atoms with Gasteiger partial charge in [0, 0.05) is 24.3 Å². The van der Waals surface area contributed by atoms with Gasteiger partial charge in [-0.3, -0.25) is 4.79 Å². The van der Waals surface area contributed by atoms with Crippen LogP contribution in [0.25, 0.3) is 0 Å². The van der Waals surface area contributed by atoms with E-state index in [-0.39, 0.29) is 11.4 Å². The van der Waals surface area contributed by atoms with Gasteiger partial charge in [-0.2, -0.15) is 0 Å². The lowest BCUT2D eigenvalue weighted by molar-refractivity contribution is 0.0952. The molecule has 1 N–H and O–H groups in total. The van der Waals surface area contributed by atoms with E-state index in [2.05, 4.69) is 31.0 Å². The van der Waals surface area contributed by atoms with Crippen LogP contribution in [0.4, 0.5) is 5.69 Å². The number of hydrogen-bond acceptors (Lipinski definition) is 2. The molecule has 0 saturated carbocycles. The van der Waals surface area contributed by atoms with Gasteiger partial charge in [-0.15, -0.1) is 0 Å². The van der Waals surface area contributed by atoms with E-state index in [1.165, 1.54) is 0 Å². The number of benzene rings is 1. The summed E-state index contributed by atoms with van der Waals surface area (Å²) in [5.41, 5.74) is 1.85. The zero-order valence-corrected chi connectivity index (χ0v) is 10.8. The lowest BCUT2D eigenvalue weighted by Crippen LogP contribution is -2.45. The maximum atomic E-state index is 12.0. The van der Waals surface area contributed by atoms with Gasteiger partial charge in [0.05, 0.1) is 5.56 Å². The molecular formula is C14H20N2O. The first-order valence-corrected chi connectivity index (χ1v) is 6.15. The van der Waals surface area contributed by atoms with Crippen molar-refractivity contribution < 1.29 is 4.79 Å². The number of hydrogen-bond donors (Lipinski definition) is 1. The average Bonchev–Trinajstić information content (AvgIpc) is 2.24. The van der Waals surface area contributed by atoms with Gasteiger partial charge >= 0.3 is 0 Å². The van der Waals surface area contributed by atoms with E-state index >= 15 is 0 Å². The standard InChI is InChI=1S/C14H20N2O/c1-14(2,3)16-10-6-9-15-13(17)11-7-4-5-8-12(11)16/h4-5,7-8H,6,9-10H2,1-3H3,(H,15,17). The number of carbonyl (C=O) groups is 1. The second kappa shape index (κ2) is 4.40. The number of nitrogens with zero attached hydrogens (tertiary/aromatic N) is 1. The molecule has 0 radical (unpaired) electrons. The fraction of sp³-hybridized carbons (Fsp3) is 0.500. The van der Waals surface area contributed by atoms with Crippen molar-refractivity contribution in [3.05, 3.63) is 29.8 Å². The Morgan fingerprint density at radius 2 is 1.94 bits per heavy atom. The number of nitrogens with one attached hydrogen (secondary N) is 1. The van der Waals surface area contributed by atoms with E-state index in [1.54, 1.807) is 0 Å². The van der Waals surface area contributed by atoms with Gasteiger partial charge in [0.25, 0.3) is 5.91 Å². The third-order valence-electron chi connectivity index (χ3n) is 3.09. The van der Waals surface area contributed by atoms with Crippen molar-refractivity contribution in [3.63, 3.8) is 0 Å². The van der Waals surface area contributed by atoms with Crippen molar-refractivity contribution >= 4 is 11.6 Å². The van der Waals surface area contributed by atoms with Crippen LogP contribution in [-0.2, 0) is 0 Å². The molecule has 2 rings (SSSR count). The van der Waals surface area contributed by atoms with Crippen LogP contribution in [0.1, 0.15) is 37.6 Å². The van der Waals surface area contributed by atoms with Crippen LogP contribution in [-0.4, -0.2) is 24.5 Å². The van der Waals surface area contributed by atoms with E-state index in [1.807, 2.05) is 24.3 Å². The summed E-state index contributed by atoms with van der Waals surface area (Å²) in [4.78, 5) is 14.3. The Bertz CT molecular complexity index is 420. The smallest absolute Gasteiger partial charge is 0.253 e. The highest BCUT2D eigenvalue weighted by molar-refractivity contribution is 6.00. The molecule has 3 heteroatoms. The molecule has 0 bridgehead atoms. The summed E-state index contributed by atoms with van der Waals surface area (Å²) in [5.74, 6) is 0.0366. The Labute approximate surface area is 103 Å². The van der Waals surface area contributed by atoms with Crippen molar-refractivity contribution in [2.24, 2.45) is 0 Å². The van der Waals surface area contributed by atoms with Crippen LogP contribution in [0.15, 0.2) is 24.3 Å². The summed E-state index contributed by atoms with van der Waals surface area (Å²) in [6.07, 6.45) is 0.983. The molecule has 3 nitrogen and oxygen atoms in total. The summed E-state index contributed by atoms with van der Waals surface area (Å²) in [6.45, 7) is 8.27. The molecule has 0 fully saturated rings. The Hall–Kier alpha value is -1.51. The van der Waals surface area contributed by atoms with E-state index in [0.29, 0.717) is 0 Å². The zero-order valence-electron chi connectivity index (χ0n) is 10.8. The van der Waals surface area contributed by atoms with Crippen molar-refractivity contribution in [2.75, 3.05) is 18.0 Å². The first kappa shape index (κ1) is 12.0. The topological polar surface area (TPSA) is 32.3 Å². The summed E-state index contributed by atoms with van der Waals surface area (Å²) < 4.78 is 0. The molecule has 0 aliphatic carbocycles. The molecule has 1 amide bonds. The summed E-state index contributed by atoms with van der Waals surface area (Å²) in [7, 11) is 0. The van der Waals surface area contributed by atoms with Gasteiger partial charge in [0.1, 0.15) is 0 Å². The van der Waals surface area contributed by atoms with Gasteiger partial charge in [0.2, 0.25) is 0 Å². The molecule has 0 spiro atoms. The first-order valence-electron chi connectivity index (χ1n) is 6.15. The van der Waals surface area contributed by atoms with Crippen molar-refractivity contribution in [1.82, 2.24) is 5.32 Å².